The fourth-order valence-electron chi connectivity index (χ4n) is 4.90. The number of carboxylic acid groups (broad SMARTS) is 1. The number of hydrogen-bond acceptors (Lipinski definition) is 5. The third-order valence-electron chi connectivity index (χ3n) is 6.80. The molecule has 186 valence electrons. The predicted octanol–water partition coefficient (Wildman–Crippen LogP) is 3.64. The maximum atomic E-state index is 13.0. The normalized spacial score (nSPS) is 18.0. The molecule has 1 aliphatic carbocycles. The van der Waals surface area contributed by atoms with Gasteiger partial charge in [-0.2, -0.15) is 0 Å². The molecule has 4 rings (SSSR count). The molecule has 0 radical (unpaired) electrons. The van der Waals surface area contributed by atoms with Crippen molar-refractivity contribution in [2.45, 2.75) is 44.7 Å². The van der Waals surface area contributed by atoms with Crippen molar-refractivity contribution in [2.24, 2.45) is 5.92 Å². The summed E-state index contributed by atoms with van der Waals surface area (Å²) in [6.45, 7) is 4.96. The van der Waals surface area contributed by atoms with Gasteiger partial charge < -0.3 is 24.8 Å². The maximum absolute atomic E-state index is 13.0. The Kier molecular flexibility index (Phi) is 7.70. The van der Waals surface area contributed by atoms with Gasteiger partial charge in [-0.1, -0.05) is 62.4 Å². The van der Waals surface area contributed by atoms with Crippen LogP contribution in [0.1, 0.15) is 43.7 Å². The van der Waals surface area contributed by atoms with E-state index in [0.717, 1.165) is 22.3 Å². The van der Waals surface area contributed by atoms with Crippen molar-refractivity contribution in [2.75, 3.05) is 26.4 Å². The topological polar surface area (TPSA) is 105 Å². The summed E-state index contributed by atoms with van der Waals surface area (Å²) >= 11 is 0. The fourth-order valence-corrected chi connectivity index (χ4v) is 4.90. The minimum absolute atomic E-state index is 0.0154. The summed E-state index contributed by atoms with van der Waals surface area (Å²) in [7, 11) is 0. The Morgan fingerprint density at radius 1 is 1.09 bits per heavy atom. The van der Waals surface area contributed by atoms with E-state index in [-0.39, 0.29) is 43.8 Å². The fraction of sp³-hybridized carbons (Fsp3) is 0.444. The van der Waals surface area contributed by atoms with Crippen LogP contribution in [0.4, 0.5) is 4.79 Å². The highest BCUT2D eigenvalue weighted by Gasteiger charge is 2.32. The molecule has 1 saturated heterocycles. The van der Waals surface area contributed by atoms with Gasteiger partial charge in [-0.05, 0) is 28.2 Å². The summed E-state index contributed by atoms with van der Waals surface area (Å²) in [6, 6.07) is 15.3. The number of ether oxygens (including phenoxy) is 2. The van der Waals surface area contributed by atoms with Crippen LogP contribution in [-0.4, -0.2) is 66.4 Å². The van der Waals surface area contributed by atoms with Crippen LogP contribution in [0.3, 0.4) is 0 Å². The molecular weight excluding hydrogens is 448 g/mol. The van der Waals surface area contributed by atoms with Crippen molar-refractivity contribution in [1.29, 1.82) is 0 Å². The van der Waals surface area contributed by atoms with E-state index in [4.69, 9.17) is 14.6 Å². The van der Waals surface area contributed by atoms with Gasteiger partial charge in [-0.3, -0.25) is 9.59 Å². The summed E-state index contributed by atoms with van der Waals surface area (Å²) in [5.74, 6) is -1.23. The Hall–Kier alpha value is -3.39. The van der Waals surface area contributed by atoms with Crippen LogP contribution in [0.5, 0.6) is 0 Å². The largest absolute Gasteiger partial charge is 0.481 e. The number of morpholine rings is 1. The van der Waals surface area contributed by atoms with Gasteiger partial charge in [-0.15, -0.1) is 0 Å². The molecule has 8 heteroatoms. The van der Waals surface area contributed by atoms with E-state index in [9.17, 15) is 14.4 Å². The minimum atomic E-state index is -0.976. The number of hydrogen-bond donors (Lipinski definition) is 2. The second kappa shape index (κ2) is 10.9. The van der Waals surface area contributed by atoms with Gasteiger partial charge >= 0.3 is 12.1 Å². The smallest absolute Gasteiger partial charge is 0.407 e. The number of alkyl carbamates (subject to hydrolysis) is 1. The average molecular weight is 481 g/mol. The maximum Gasteiger partial charge on any atom is 0.407 e. The quantitative estimate of drug-likeness (QED) is 0.598. The number of nitrogens with one attached hydrogen (secondary N) is 1. The van der Waals surface area contributed by atoms with Crippen molar-refractivity contribution >= 4 is 18.0 Å². The number of rotatable bonds is 8. The molecule has 0 bridgehead atoms. The molecule has 1 aliphatic heterocycles. The van der Waals surface area contributed by atoms with Gasteiger partial charge in [0.15, 0.2) is 0 Å². The van der Waals surface area contributed by atoms with Gasteiger partial charge in [0.05, 0.1) is 25.7 Å². The monoisotopic (exact) mass is 480 g/mol. The van der Waals surface area contributed by atoms with Crippen LogP contribution < -0.4 is 5.32 Å². The van der Waals surface area contributed by atoms with Gasteiger partial charge in [-0.25, -0.2) is 4.79 Å². The summed E-state index contributed by atoms with van der Waals surface area (Å²) in [6.07, 6.45) is -0.669. The predicted molar refractivity (Wildman–Crippen MR) is 130 cm³/mol. The summed E-state index contributed by atoms with van der Waals surface area (Å²) in [4.78, 5) is 38.5. The number of benzene rings is 2. The molecule has 0 spiro atoms. The molecule has 2 aromatic carbocycles. The highest BCUT2D eigenvalue weighted by atomic mass is 16.5. The van der Waals surface area contributed by atoms with Crippen LogP contribution in [-0.2, 0) is 19.1 Å². The third kappa shape index (κ3) is 5.65. The SMILES string of the molecule is CC(C)[C@@H](CC(=O)N1CCOCC1CC(=O)O)NC(=O)OCC1c2ccccc2-c2ccccc21. The van der Waals surface area contributed by atoms with Gasteiger partial charge in [0, 0.05) is 24.9 Å². The summed E-state index contributed by atoms with van der Waals surface area (Å²) in [5.41, 5.74) is 4.58. The van der Waals surface area contributed by atoms with E-state index in [1.165, 1.54) is 0 Å². The first kappa shape index (κ1) is 24.7. The van der Waals surface area contributed by atoms with Gasteiger partial charge in [0.1, 0.15) is 6.61 Å². The number of carbonyl (C=O) groups excluding carboxylic acids is 2. The van der Waals surface area contributed by atoms with Crippen molar-refractivity contribution in [3.05, 3.63) is 59.7 Å². The number of carbonyl (C=O) groups is 3. The van der Waals surface area contributed by atoms with Crippen LogP contribution >= 0.6 is 0 Å². The lowest BCUT2D eigenvalue weighted by atomic mass is 9.98. The summed E-state index contributed by atoms with van der Waals surface area (Å²) in [5, 5.41) is 12.0. The lowest BCUT2D eigenvalue weighted by Gasteiger charge is -2.36. The zero-order valence-corrected chi connectivity index (χ0v) is 20.1. The Labute approximate surface area is 205 Å². The summed E-state index contributed by atoms with van der Waals surface area (Å²) < 4.78 is 11.0. The number of nitrogens with zero attached hydrogens (tertiary/aromatic N) is 1. The van der Waals surface area contributed by atoms with Crippen LogP contribution in [0.25, 0.3) is 11.1 Å². The Morgan fingerprint density at radius 3 is 2.31 bits per heavy atom. The Balaban J connectivity index is 1.37. The zero-order valence-electron chi connectivity index (χ0n) is 20.1. The molecule has 8 nitrogen and oxygen atoms in total. The molecule has 35 heavy (non-hydrogen) atoms. The number of carboxylic acids is 1. The second-order valence-electron chi connectivity index (χ2n) is 9.44. The highest BCUT2D eigenvalue weighted by Crippen LogP contribution is 2.44. The molecule has 0 aromatic heterocycles. The third-order valence-corrected chi connectivity index (χ3v) is 6.80. The van der Waals surface area contributed by atoms with Crippen molar-refractivity contribution in [1.82, 2.24) is 10.2 Å². The number of amides is 2. The first-order valence-electron chi connectivity index (χ1n) is 12.1. The zero-order chi connectivity index (χ0) is 24.9. The van der Waals surface area contributed by atoms with E-state index < -0.39 is 24.1 Å². The van der Waals surface area contributed by atoms with Crippen LogP contribution in [0.2, 0.25) is 0 Å². The molecule has 1 fully saturated rings. The van der Waals surface area contributed by atoms with E-state index in [0.29, 0.717) is 13.2 Å². The van der Waals surface area contributed by atoms with E-state index in [1.54, 1.807) is 4.90 Å². The first-order chi connectivity index (χ1) is 16.8. The van der Waals surface area contributed by atoms with Crippen molar-refractivity contribution in [3.63, 3.8) is 0 Å². The molecule has 1 unspecified atom stereocenters. The standard InChI is InChI=1S/C27H32N2O6/c1-17(2)24(14-25(30)29-11-12-34-15-18(29)13-26(31)32)28-27(33)35-16-23-21-9-5-3-7-19(21)20-8-4-6-10-22(20)23/h3-10,17-18,23-24H,11-16H2,1-2H3,(H,28,33)(H,31,32)/t18?,24-/m1/s1. The Morgan fingerprint density at radius 2 is 1.71 bits per heavy atom. The molecule has 1 heterocycles. The molecule has 2 N–H and O–H groups in total. The highest BCUT2D eigenvalue weighted by molar-refractivity contribution is 5.80. The van der Waals surface area contributed by atoms with Crippen molar-refractivity contribution < 1.29 is 29.0 Å². The van der Waals surface area contributed by atoms with Crippen molar-refractivity contribution in [3.8, 4) is 11.1 Å². The minimum Gasteiger partial charge on any atom is -0.481 e. The van der Waals surface area contributed by atoms with E-state index in [2.05, 4.69) is 29.6 Å². The molecule has 2 aliphatic rings. The molecule has 0 saturated carbocycles. The Bertz CT molecular complexity index is 1040. The van der Waals surface area contributed by atoms with E-state index >= 15 is 0 Å². The molecular formula is C27H32N2O6. The van der Waals surface area contributed by atoms with Crippen LogP contribution in [0, 0.1) is 5.92 Å². The lowest BCUT2D eigenvalue weighted by molar-refractivity contribution is -0.146. The van der Waals surface area contributed by atoms with E-state index in [1.807, 2.05) is 38.1 Å². The second-order valence-corrected chi connectivity index (χ2v) is 9.44. The molecule has 2 aromatic rings. The molecule has 2 amide bonds. The number of aliphatic carboxylic acids is 1. The number of fused-ring (bicyclic) bond motifs is 3. The molecule has 2 atom stereocenters. The first-order valence-corrected chi connectivity index (χ1v) is 12.1. The van der Waals surface area contributed by atoms with Gasteiger partial charge in [0.2, 0.25) is 5.91 Å². The lowest BCUT2D eigenvalue weighted by Crippen LogP contribution is -2.52. The van der Waals surface area contributed by atoms with Gasteiger partial charge in [0.25, 0.3) is 0 Å². The van der Waals surface area contributed by atoms with Crippen LogP contribution in [0.15, 0.2) is 48.5 Å². The average Bonchev–Trinajstić information content (AvgIpc) is 3.16.